The molecule has 0 bridgehead atoms. The Kier molecular flexibility index (Phi) is 5.64. The van der Waals surface area contributed by atoms with E-state index in [-0.39, 0.29) is 5.91 Å². The summed E-state index contributed by atoms with van der Waals surface area (Å²) < 4.78 is 0. The van der Waals surface area contributed by atoms with Gasteiger partial charge in [-0.15, -0.1) is 0 Å². The van der Waals surface area contributed by atoms with Gasteiger partial charge in [0.15, 0.2) is 0 Å². The van der Waals surface area contributed by atoms with E-state index in [2.05, 4.69) is 20.6 Å². The van der Waals surface area contributed by atoms with Crippen molar-refractivity contribution in [2.45, 2.75) is 44.6 Å². The van der Waals surface area contributed by atoms with Crippen LogP contribution in [0, 0.1) is 0 Å². The smallest absolute Gasteiger partial charge is 0.274 e. The lowest BCUT2D eigenvalue weighted by molar-refractivity contribution is 0.102. The Hall–Kier alpha value is -2.14. The SMILES string of the molecule is O=C(Nc1cccc(Cl)c1)c1cc(NC2CCCCCC2)ncn1. The van der Waals surface area contributed by atoms with Crippen molar-refractivity contribution in [1.29, 1.82) is 0 Å². The van der Waals surface area contributed by atoms with Crippen molar-refractivity contribution < 1.29 is 4.79 Å². The lowest BCUT2D eigenvalue weighted by Gasteiger charge is -2.17. The maximum atomic E-state index is 12.4. The first-order valence-electron chi connectivity index (χ1n) is 8.36. The highest BCUT2D eigenvalue weighted by Crippen LogP contribution is 2.21. The van der Waals surface area contributed by atoms with E-state index in [4.69, 9.17) is 11.6 Å². The minimum atomic E-state index is -0.274. The summed E-state index contributed by atoms with van der Waals surface area (Å²) in [5, 5.41) is 6.81. The van der Waals surface area contributed by atoms with Crippen LogP contribution < -0.4 is 10.6 Å². The molecule has 1 aromatic heterocycles. The van der Waals surface area contributed by atoms with Crippen LogP contribution in [0.15, 0.2) is 36.7 Å². The predicted molar refractivity (Wildman–Crippen MR) is 96.5 cm³/mol. The minimum Gasteiger partial charge on any atom is -0.367 e. The van der Waals surface area contributed by atoms with Crippen molar-refractivity contribution >= 4 is 29.0 Å². The number of carbonyl (C=O) groups is 1. The third-order valence-corrected chi connectivity index (χ3v) is 4.42. The summed E-state index contributed by atoms with van der Waals surface area (Å²) in [7, 11) is 0. The van der Waals surface area contributed by atoms with Crippen LogP contribution in [0.1, 0.15) is 49.0 Å². The van der Waals surface area contributed by atoms with Crippen LogP contribution in [0.25, 0.3) is 0 Å². The predicted octanol–water partition coefficient (Wildman–Crippen LogP) is 4.52. The van der Waals surface area contributed by atoms with E-state index in [0.29, 0.717) is 28.3 Å². The second kappa shape index (κ2) is 8.11. The number of hydrogen-bond acceptors (Lipinski definition) is 4. The van der Waals surface area contributed by atoms with Crippen molar-refractivity contribution in [2.75, 3.05) is 10.6 Å². The largest absolute Gasteiger partial charge is 0.367 e. The van der Waals surface area contributed by atoms with Gasteiger partial charge in [-0.1, -0.05) is 43.4 Å². The van der Waals surface area contributed by atoms with Crippen LogP contribution in [-0.4, -0.2) is 21.9 Å². The molecule has 0 atom stereocenters. The zero-order valence-corrected chi connectivity index (χ0v) is 14.2. The first kappa shape index (κ1) is 16.7. The number of halogens is 1. The van der Waals surface area contributed by atoms with Crippen molar-refractivity contribution in [2.24, 2.45) is 0 Å². The van der Waals surface area contributed by atoms with Gasteiger partial charge in [-0.2, -0.15) is 0 Å². The highest BCUT2D eigenvalue weighted by Gasteiger charge is 2.14. The van der Waals surface area contributed by atoms with Gasteiger partial charge in [0.1, 0.15) is 17.8 Å². The zero-order chi connectivity index (χ0) is 16.8. The van der Waals surface area contributed by atoms with E-state index in [1.165, 1.54) is 32.0 Å². The Bertz CT molecular complexity index is 699. The van der Waals surface area contributed by atoms with Crippen molar-refractivity contribution in [3.05, 3.63) is 47.4 Å². The van der Waals surface area contributed by atoms with Gasteiger partial charge in [-0.05, 0) is 31.0 Å². The highest BCUT2D eigenvalue weighted by molar-refractivity contribution is 6.30. The van der Waals surface area contributed by atoms with E-state index >= 15 is 0 Å². The molecule has 24 heavy (non-hydrogen) atoms. The maximum Gasteiger partial charge on any atom is 0.274 e. The molecule has 2 N–H and O–H groups in total. The molecule has 1 aromatic carbocycles. The van der Waals surface area contributed by atoms with Gasteiger partial charge in [0.2, 0.25) is 0 Å². The van der Waals surface area contributed by atoms with Crippen molar-refractivity contribution in [3.8, 4) is 0 Å². The first-order chi connectivity index (χ1) is 11.7. The molecule has 0 unspecified atom stereocenters. The van der Waals surface area contributed by atoms with Gasteiger partial charge in [0.05, 0.1) is 0 Å². The maximum absolute atomic E-state index is 12.4. The van der Waals surface area contributed by atoms with E-state index < -0.39 is 0 Å². The Morgan fingerprint density at radius 1 is 1.08 bits per heavy atom. The molecule has 2 aromatic rings. The van der Waals surface area contributed by atoms with E-state index in [1.54, 1.807) is 30.3 Å². The molecular formula is C18H21ClN4O. The monoisotopic (exact) mass is 344 g/mol. The molecule has 1 amide bonds. The summed E-state index contributed by atoms with van der Waals surface area (Å²) in [5.41, 5.74) is 0.977. The van der Waals surface area contributed by atoms with Crippen LogP contribution in [0.5, 0.6) is 0 Å². The molecule has 0 spiro atoms. The molecule has 0 aliphatic heterocycles. The Morgan fingerprint density at radius 2 is 1.88 bits per heavy atom. The average Bonchev–Trinajstić information content (AvgIpc) is 2.84. The summed E-state index contributed by atoms with van der Waals surface area (Å²) in [6.07, 6.45) is 8.80. The first-order valence-corrected chi connectivity index (χ1v) is 8.74. The van der Waals surface area contributed by atoms with Gasteiger partial charge in [0.25, 0.3) is 5.91 Å². The van der Waals surface area contributed by atoms with Gasteiger partial charge in [-0.25, -0.2) is 9.97 Å². The van der Waals surface area contributed by atoms with E-state index in [1.807, 2.05) is 0 Å². The Morgan fingerprint density at radius 3 is 2.62 bits per heavy atom. The summed E-state index contributed by atoms with van der Waals surface area (Å²) in [6, 6.07) is 9.16. The van der Waals surface area contributed by atoms with Crippen LogP contribution >= 0.6 is 11.6 Å². The molecule has 1 fully saturated rings. The van der Waals surface area contributed by atoms with Gasteiger partial charge >= 0.3 is 0 Å². The molecule has 0 radical (unpaired) electrons. The number of nitrogens with zero attached hydrogens (tertiary/aromatic N) is 2. The number of aromatic nitrogens is 2. The minimum absolute atomic E-state index is 0.274. The number of rotatable bonds is 4. The van der Waals surface area contributed by atoms with E-state index in [9.17, 15) is 4.79 Å². The van der Waals surface area contributed by atoms with Crippen molar-refractivity contribution in [3.63, 3.8) is 0 Å². The zero-order valence-electron chi connectivity index (χ0n) is 13.5. The number of benzene rings is 1. The molecule has 5 nitrogen and oxygen atoms in total. The van der Waals surface area contributed by atoms with Gasteiger partial charge < -0.3 is 10.6 Å². The molecule has 6 heteroatoms. The molecule has 1 aliphatic rings. The third kappa shape index (κ3) is 4.68. The van der Waals surface area contributed by atoms with Crippen LogP contribution in [0.3, 0.4) is 0 Å². The van der Waals surface area contributed by atoms with Crippen LogP contribution in [0.2, 0.25) is 5.02 Å². The molecule has 1 heterocycles. The number of anilines is 2. The van der Waals surface area contributed by atoms with Gasteiger partial charge in [0, 0.05) is 22.8 Å². The standard InChI is InChI=1S/C18H21ClN4O/c19-13-6-5-9-15(10-13)23-18(24)16-11-17(21-12-20-16)22-14-7-3-1-2-4-8-14/h5-6,9-12,14H,1-4,7-8H2,(H,23,24)(H,20,21,22). The molecule has 3 rings (SSSR count). The highest BCUT2D eigenvalue weighted by atomic mass is 35.5. The normalized spacial score (nSPS) is 15.5. The fourth-order valence-corrected chi connectivity index (χ4v) is 3.14. The lowest BCUT2D eigenvalue weighted by Crippen LogP contribution is -2.20. The number of amides is 1. The third-order valence-electron chi connectivity index (χ3n) is 4.19. The molecule has 1 saturated carbocycles. The summed E-state index contributed by atoms with van der Waals surface area (Å²) in [5.74, 6) is 0.428. The molecule has 1 aliphatic carbocycles. The topological polar surface area (TPSA) is 66.9 Å². The molecular weight excluding hydrogens is 324 g/mol. The van der Waals surface area contributed by atoms with E-state index in [0.717, 1.165) is 12.8 Å². The number of carbonyl (C=O) groups excluding carboxylic acids is 1. The Balaban J connectivity index is 1.66. The number of hydrogen-bond donors (Lipinski definition) is 2. The summed E-state index contributed by atoms with van der Waals surface area (Å²) >= 11 is 5.93. The number of nitrogens with one attached hydrogen (secondary N) is 2. The summed E-state index contributed by atoms with van der Waals surface area (Å²) in [6.45, 7) is 0. The van der Waals surface area contributed by atoms with Gasteiger partial charge in [-0.3, -0.25) is 4.79 Å². The Labute approximate surface area is 146 Å². The molecule has 126 valence electrons. The fourth-order valence-electron chi connectivity index (χ4n) is 2.95. The molecule has 0 saturated heterocycles. The van der Waals surface area contributed by atoms with Crippen LogP contribution in [-0.2, 0) is 0 Å². The lowest BCUT2D eigenvalue weighted by atomic mass is 10.1. The average molecular weight is 345 g/mol. The summed E-state index contributed by atoms with van der Waals surface area (Å²) in [4.78, 5) is 20.7. The second-order valence-corrected chi connectivity index (χ2v) is 6.52. The quantitative estimate of drug-likeness (QED) is 0.800. The van der Waals surface area contributed by atoms with Crippen LogP contribution in [0.4, 0.5) is 11.5 Å². The van der Waals surface area contributed by atoms with Crippen molar-refractivity contribution in [1.82, 2.24) is 9.97 Å². The second-order valence-electron chi connectivity index (χ2n) is 6.09. The fraction of sp³-hybridized carbons (Fsp3) is 0.389.